The summed E-state index contributed by atoms with van der Waals surface area (Å²) >= 11 is 0. The van der Waals surface area contributed by atoms with Gasteiger partial charge in [-0.2, -0.15) is 0 Å². The number of rotatable bonds is 1. The fraction of sp³-hybridized carbons (Fsp3) is 0.400. The first kappa shape index (κ1) is 13.1. The standard InChI is InChI=1S/C6H7NO2S.C4H9NO/c7-10(8,9)6-4-2-1-3-5-6;1-2-4-6-5-3-1/h1-5H,(H2,7,8,9);5H,1-4H2. The molecular formula is C10H16N2O3S. The van der Waals surface area contributed by atoms with Gasteiger partial charge in [0.1, 0.15) is 0 Å². The Morgan fingerprint density at radius 3 is 2.12 bits per heavy atom. The van der Waals surface area contributed by atoms with Crippen molar-refractivity contribution in [3.05, 3.63) is 30.3 Å². The van der Waals surface area contributed by atoms with E-state index in [4.69, 9.17) is 9.98 Å². The van der Waals surface area contributed by atoms with Gasteiger partial charge in [0, 0.05) is 6.54 Å². The summed E-state index contributed by atoms with van der Waals surface area (Å²) < 4.78 is 21.2. The summed E-state index contributed by atoms with van der Waals surface area (Å²) in [6.45, 7) is 1.92. The minimum absolute atomic E-state index is 0.148. The smallest absolute Gasteiger partial charge is 0.238 e. The van der Waals surface area contributed by atoms with E-state index >= 15 is 0 Å². The third-order valence-corrected chi connectivity index (χ3v) is 2.88. The quantitative estimate of drug-likeness (QED) is 0.759. The molecule has 0 aliphatic carbocycles. The zero-order chi connectivity index (χ0) is 11.9. The van der Waals surface area contributed by atoms with Crippen LogP contribution >= 0.6 is 0 Å². The first-order valence-corrected chi connectivity index (χ1v) is 6.58. The number of sulfonamides is 1. The molecule has 6 heteroatoms. The van der Waals surface area contributed by atoms with Crippen LogP contribution in [0.4, 0.5) is 0 Å². The van der Waals surface area contributed by atoms with Crippen LogP contribution in [0.15, 0.2) is 35.2 Å². The van der Waals surface area contributed by atoms with Gasteiger partial charge in [-0.25, -0.2) is 19.0 Å². The molecule has 1 aromatic rings. The molecule has 90 valence electrons. The van der Waals surface area contributed by atoms with Crippen molar-refractivity contribution in [1.29, 1.82) is 0 Å². The SMILES string of the molecule is C1CCONC1.NS(=O)(=O)c1ccccc1. The molecule has 0 saturated carbocycles. The Labute approximate surface area is 95.6 Å². The Hall–Kier alpha value is -0.950. The van der Waals surface area contributed by atoms with Gasteiger partial charge in [0.25, 0.3) is 0 Å². The van der Waals surface area contributed by atoms with Gasteiger partial charge in [-0.15, -0.1) is 0 Å². The van der Waals surface area contributed by atoms with Gasteiger partial charge >= 0.3 is 0 Å². The Kier molecular flexibility index (Phi) is 5.41. The maximum atomic E-state index is 10.6. The normalized spacial score (nSPS) is 16.1. The van der Waals surface area contributed by atoms with E-state index in [2.05, 4.69) is 5.48 Å². The van der Waals surface area contributed by atoms with E-state index in [1.54, 1.807) is 18.2 Å². The maximum absolute atomic E-state index is 10.6. The number of hydrogen-bond acceptors (Lipinski definition) is 4. The number of hydrogen-bond donors (Lipinski definition) is 2. The molecule has 0 aromatic heterocycles. The zero-order valence-electron chi connectivity index (χ0n) is 8.93. The predicted molar refractivity (Wildman–Crippen MR) is 61.0 cm³/mol. The molecule has 0 amide bonds. The maximum Gasteiger partial charge on any atom is 0.238 e. The molecule has 1 saturated heterocycles. The van der Waals surface area contributed by atoms with Crippen molar-refractivity contribution < 1.29 is 13.3 Å². The molecule has 16 heavy (non-hydrogen) atoms. The minimum Gasteiger partial charge on any atom is -0.302 e. The lowest BCUT2D eigenvalue weighted by Crippen LogP contribution is -2.22. The van der Waals surface area contributed by atoms with E-state index in [0.717, 1.165) is 13.2 Å². The van der Waals surface area contributed by atoms with Gasteiger partial charge in [0.05, 0.1) is 11.5 Å². The summed E-state index contributed by atoms with van der Waals surface area (Å²) in [5.74, 6) is 0. The van der Waals surface area contributed by atoms with E-state index in [-0.39, 0.29) is 4.90 Å². The van der Waals surface area contributed by atoms with Gasteiger partial charge in [-0.3, -0.25) is 0 Å². The van der Waals surface area contributed by atoms with Crippen LogP contribution < -0.4 is 10.6 Å². The average Bonchev–Trinajstić information content (AvgIpc) is 2.32. The summed E-state index contributed by atoms with van der Waals surface area (Å²) in [5.41, 5.74) is 2.78. The molecule has 1 fully saturated rings. The molecule has 2 rings (SSSR count). The van der Waals surface area contributed by atoms with Crippen molar-refractivity contribution in [1.82, 2.24) is 5.48 Å². The van der Waals surface area contributed by atoms with Crippen LogP contribution in [0, 0.1) is 0 Å². The highest BCUT2D eigenvalue weighted by Gasteiger charge is 2.03. The highest BCUT2D eigenvalue weighted by Crippen LogP contribution is 2.03. The summed E-state index contributed by atoms with van der Waals surface area (Å²) in [4.78, 5) is 4.97. The highest BCUT2D eigenvalue weighted by molar-refractivity contribution is 7.89. The first-order valence-electron chi connectivity index (χ1n) is 5.03. The Bertz CT molecular complexity index is 376. The topological polar surface area (TPSA) is 81.4 Å². The lowest BCUT2D eigenvalue weighted by atomic mass is 10.3. The third-order valence-electron chi connectivity index (χ3n) is 1.95. The molecule has 0 radical (unpaired) electrons. The molecule has 0 unspecified atom stereocenters. The van der Waals surface area contributed by atoms with Crippen LogP contribution in [0.3, 0.4) is 0 Å². The van der Waals surface area contributed by atoms with Crippen LogP contribution in [-0.2, 0) is 14.9 Å². The molecule has 1 aliphatic heterocycles. The average molecular weight is 244 g/mol. The third kappa shape index (κ3) is 5.22. The number of hydroxylamine groups is 1. The number of primary sulfonamides is 1. The van der Waals surface area contributed by atoms with Crippen LogP contribution in [0.1, 0.15) is 12.8 Å². The second kappa shape index (κ2) is 6.59. The highest BCUT2D eigenvalue weighted by atomic mass is 32.2. The molecule has 1 aromatic carbocycles. The first-order chi connectivity index (χ1) is 7.61. The van der Waals surface area contributed by atoms with Crippen molar-refractivity contribution in [3.63, 3.8) is 0 Å². The number of nitrogens with two attached hydrogens (primary N) is 1. The lowest BCUT2D eigenvalue weighted by molar-refractivity contribution is 0.0128. The van der Waals surface area contributed by atoms with Crippen LogP contribution in [0.25, 0.3) is 0 Å². The van der Waals surface area contributed by atoms with E-state index in [9.17, 15) is 8.42 Å². The zero-order valence-corrected chi connectivity index (χ0v) is 9.74. The summed E-state index contributed by atoms with van der Waals surface area (Å²) in [7, 11) is -3.50. The number of nitrogens with one attached hydrogen (secondary N) is 1. The Morgan fingerprint density at radius 1 is 1.19 bits per heavy atom. The molecule has 1 aliphatic rings. The fourth-order valence-corrected chi connectivity index (χ4v) is 1.66. The van der Waals surface area contributed by atoms with Gasteiger partial charge < -0.3 is 4.84 Å². The van der Waals surface area contributed by atoms with Crippen LogP contribution in [0.5, 0.6) is 0 Å². The van der Waals surface area contributed by atoms with Crippen molar-refractivity contribution >= 4 is 10.0 Å². The van der Waals surface area contributed by atoms with Crippen molar-refractivity contribution in [2.24, 2.45) is 5.14 Å². The van der Waals surface area contributed by atoms with Crippen molar-refractivity contribution in [2.75, 3.05) is 13.2 Å². The van der Waals surface area contributed by atoms with Crippen LogP contribution in [0.2, 0.25) is 0 Å². The molecule has 0 atom stereocenters. The molecular weight excluding hydrogens is 228 g/mol. The lowest BCUT2D eigenvalue weighted by Gasteiger charge is -2.09. The van der Waals surface area contributed by atoms with E-state index in [0.29, 0.717) is 0 Å². The van der Waals surface area contributed by atoms with Gasteiger partial charge in [0.2, 0.25) is 10.0 Å². The van der Waals surface area contributed by atoms with E-state index in [1.165, 1.54) is 25.0 Å². The fourth-order valence-electron chi connectivity index (χ4n) is 1.13. The van der Waals surface area contributed by atoms with Gasteiger partial charge in [-0.05, 0) is 25.0 Å². The monoisotopic (exact) mass is 244 g/mol. The largest absolute Gasteiger partial charge is 0.302 e. The molecule has 3 N–H and O–H groups in total. The van der Waals surface area contributed by atoms with E-state index in [1.807, 2.05) is 0 Å². The second-order valence-electron chi connectivity index (χ2n) is 3.31. The van der Waals surface area contributed by atoms with Crippen LogP contribution in [-0.4, -0.2) is 21.6 Å². The Morgan fingerprint density at radius 2 is 1.88 bits per heavy atom. The molecule has 1 heterocycles. The molecule has 0 spiro atoms. The minimum atomic E-state index is -3.50. The molecule has 5 nitrogen and oxygen atoms in total. The summed E-state index contributed by atoms with van der Waals surface area (Å²) in [6, 6.07) is 7.89. The van der Waals surface area contributed by atoms with E-state index < -0.39 is 10.0 Å². The van der Waals surface area contributed by atoms with Gasteiger partial charge in [0.15, 0.2) is 0 Å². The summed E-state index contributed by atoms with van der Waals surface area (Å²) in [5, 5.41) is 4.83. The second-order valence-corrected chi connectivity index (χ2v) is 4.87. The van der Waals surface area contributed by atoms with Crippen molar-refractivity contribution in [2.45, 2.75) is 17.7 Å². The molecule has 0 bridgehead atoms. The summed E-state index contributed by atoms with van der Waals surface area (Å²) in [6.07, 6.45) is 2.48. The predicted octanol–water partition coefficient (Wildman–Crippen LogP) is 0.635. The van der Waals surface area contributed by atoms with Crippen molar-refractivity contribution in [3.8, 4) is 0 Å². The Balaban J connectivity index is 0.000000181. The number of benzene rings is 1. The van der Waals surface area contributed by atoms with Gasteiger partial charge in [-0.1, -0.05) is 18.2 Å².